The number of nitrogens with zero attached hydrogens (tertiary/aromatic N) is 1. The van der Waals surface area contributed by atoms with Crippen molar-refractivity contribution in [3.63, 3.8) is 0 Å². The molecule has 0 saturated heterocycles. The minimum absolute atomic E-state index is 1.26. The Labute approximate surface area is 120 Å². The molecule has 0 radical (unpaired) electrons. The Hall–Kier alpha value is -2.28. The normalized spacial score (nSPS) is 10.8. The molecule has 0 unspecified atom stereocenters. The van der Waals surface area contributed by atoms with Crippen LogP contribution in [0.5, 0.6) is 0 Å². The molecule has 0 spiro atoms. The maximum absolute atomic E-state index is 2.27. The molecule has 0 fully saturated rings. The second-order valence-corrected chi connectivity index (χ2v) is 5.48. The molecule has 0 N–H and O–H groups in total. The Bertz CT molecular complexity index is 757. The Morgan fingerprint density at radius 3 is 2.30 bits per heavy atom. The molecule has 0 atom stereocenters. The van der Waals surface area contributed by atoms with Crippen molar-refractivity contribution in [2.24, 2.45) is 0 Å². The molecular formula is C19H19N. The lowest BCUT2D eigenvalue weighted by atomic mass is 9.98. The van der Waals surface area contributed by atoms with E-state index < -0.39 is 0 Å². The van der Waals surface area contributed by atoms with E-state index in [9.17, 15) is 0 Å². The zero-order valence-corrected chi connectivity index (χ0v) is 12.2. The quantitative estimate of drug-likeness (QED) is 0.635. The first-order valence-corrected chi connectivity index (χ1v) is 6.92. The molecule has 100 valence electrons. The molecule has 0 amide bonds. The van der Waals surface area contributed by atoms with E-state index in [0.29, 0.717) is 0 Å². The molecular weight excluding hydrogens is 242 g/mol. The summed E-state index contributed by atoms with van der Waals surface area (Å²) >= 11 is 0. The van der Waals surface area contributed by atoms with Crippen LogP contribution in [0.4, 0.5) is 5.69 Å². The van der Waals surface area contributed by atoms with E-state index in [1.165, 1.54) is 33.2 Å². The number of fused-ring (bicyclic) bond motifs is 1. The van der Waals surface area contributed by atoms with Gasteiger partial charge in [0.05, 0.1) is 0 Å². The van der Waals surface area contributed by atoms with Crippen LogP contribution in [0.25, 0.3) is 21.9 Å². The molecule has 0 aliphatic rings. The summed E-state index contributed by atoms with van der Waals surface area (Å²) in [5.41, 5.74) is 5.11. The van der Waals surface area contributed by atoms with Crippen molar-refractivity contribution in [3.8, 4) is 11.1 Å². The highest BCUT2D eigenvalue weighted by molar-refractivity contribution is 5.98. The van der Waals surface area contributed by atoms with Gasteiger partial charge in [-0.05, 0) is 35.6 Å². The van der Waals surface area contributed by atoms with E-state index in [4.69, 9.17) is 0 Å². The van der Waals surface area contributed by atoms with Crippen LogP contribution in [0.2, 0.25) is 0 Å². The first kappa shape index (κ1) is 12.7. The zero-order chi connectivity index (χ0) is 14.1. The van der Waals surface area contributed by atoms with Gasteiger partial charge in [0, 0.05) is 25.2 Å². The van der Waals surface area contributed by atoms with Gasteiger partial charge in [-0.3, -0.25) is 0 Å². The van der Waals surface area contributed by atoms with Crippen LogP contribution in [-0.2, 0) is 0 Å². The Morgan fingerprint density at radius 1 is 0.750 bits per heavy atom. The SMILES string of the molecule is Cc1cccc(-c2cc(N(C)C)c3ccccc3c2)c1. The standard InChI is InChI=1S/C19H19N/c1-14-7-6-9-15(11-14)17-12-16-8-4-5-10-18(16)19(13-17)20(2)3/h4-13H,1-3H3. The Balaban J connectivity index is 2.27. The third-order valence-electron chi connectivity index (χ3n) is 3.67. The number of hydrogen-bond acceptors (Lipinski definition) is 1. The summed E-state index contributed by atoms with van der Waals surface area (Å²) in [7, 11) is 4.20. The minimum atomic E-state index is 1.26. The largest absolute Gasteiger partial charge is 0.377 e. The van der Waals surface area contributed by atoms with E-state index >= 15 is 0 Å². The van der Waals surface area contributed by atoms with Gasteiger partial charge in [0.1, 0.15) is 0 Å². The molecule has 0 aliphatic carbocycles. The van der Waals surface area contributed by atoms with Crippen molar-refractivity contribution in [2.45, 2.75) is 6.92 Å². The van der Waals surface area contributed by atoms with Gasteiger partial charge in [-0.1, -0.05) is 54.1 Å². The summed E-state index contributed by atoms with van der Waals surface area (Å²) in [4.78, 5) is 2.18. The molecule has 1 heteroatoms. The molecule has 3 aromatic carbocycles. The van der Waals surface area contributed by atoms with Crippen molar-refractivity contribution in [1.82, 2.24) is 0 Å². The van der Waals surface area contributed by atoms with Crippen LogP contribution < -0.4 is 4.90 Å². The molecule has 20 heavy (non-hydrogen) atoms. The van der Waals surface area contributed by atoms with Crippen molar-refractivity contribution in [3.05, 3.63) is 66.2 Å². The van der Waals surface area contributed by atoms with Gasteiger partial charge >= 0.3 is 0 Å². The lowest BCUT2D eigenvalue weighted by Gasteiger charge is -2.17. The third kappa shape index (κ3) is 2.27. The third-order valence-corrected chi connectivity index (χ3v) is 3.67. The number of anilines is 1. The van der Waals surface area contributed by atoms with E-state index in [1.54, 1.807) is 0 Å². The molecule has 3 aromatic rings. The highest BCUT2D eigenvalue weighted by Crippen LogP contribution is 2.32. The van der Waals surface area contributed by atoms with Gasteiger partial charge in [0.15, 0.2) is 0 Å². The monoisotopic (exact) mass is 261 g/mol. The number of aryl methyl sites for hydroxylation is 1. The average Bonchev–Trinajstić information content (AvgIpc) is 2.46. The fourth-order valence-corrected chi connectivity index (χ4v) is 2.65. The summed E-state index contributed by atoms with van der Waals surface area (Å²) in [6.07, 6.45) is 0. The highest BCUT2D eigenvalue weighted by atomic mass is 15.1. The number of benzene rings is 3. The molecule has 0 aromatic heterocycles. The number of rotatable bonds is 2. The Morgan fingerprint density at radius 2 is 1.55 bits per heavy atom. The van der Waals surface area contributed by atoms with E-state index in [-0.39, 0.29) is 0 Å². The fraction of sp³-hybridized carbons (Fsp3) is 0.158. The molecule has 1 nitrogen and oxygen atoms in total. The van der Waals surface area contributed by atoms with Crippen molar-refractivity contribution in [2.75, 3.05) is 19.0 Å². The molecule has 0 bridgehead atoms. The zero-order valence-electron chi connectivity index (χ0n) is 12.2. The summed E-state index contributed by atoms with van der Waals surface area (Å²) < 4.78 is 0. The van der Waals surface area contributed by atoms with Crippen molar-refractivity contribution >= 4 is 16.5 Å². The molecule has 0 saturated carbocycles. The van der Waals surface area contributed by atoms with Gasteiger partial charge < -0.3 is 4.90 Å². The topological polar surface area (TPSA) is 3.24 Å². The second-order valence-electron chi connectivity index (χ2n) is 5.48. The van der Waals surface area contributed by atoms with Gasteiger partial charge in [0.2, 0.25) is 0 Å². The van der Waals surface area contributed by atoms with Crippen molar-refractivity contribution < 1.29 is 0 Å². The molecule has 0 aliphatic heterocycles. The average molecular weight is 261 g/mol. The second kappa shape index (κ2) is 5.01. The summed E-state index contributed by atoms with van der Waals surface area (Å²) in [6.45, 7) is 2.14. The van der Waals surface area contributed by atoms with Crippen LogP contribution in [0.3, 0.4) is 0 Å². The first-order valence-electron chi connectivity index (χ1n) is 6.92. The van der Waals surface area contributed by atoms with Gasteiger partial charge in [-0.25, -0.2) is 0 Å². The first-order chi connectivity index (χ1) is 9.65. The smallest absolute Gasteiger partial charge is 0.0446 e. The van der Waals surface area contributed by atoms with Crippen LogP contribution in [0, 0.1) is 6.92 Å². The van der Waals surface area contributed by atoms with Crippen molar-refractivity contribution in [1.29, 1.82) is 0 Å². The van der Waals surface area contributed by atoms with Crippen LogP contribution >= 0.6 is 0 Å². The molecule has 3 rings (SSSR count). The summed E-state index contributed by atoms with van der Waals surface area (Å²) in [5, 5.41) is 2.59. The van der Waals surface area contributed by atoms with Crippen LogP contribution in [0.1, 0.15) is 5.56 Å². The lowest BCUT2D eigenvalue weighted by molar-refractivity contribution is 1.14. The Kier molecular flexibility index (Phi) is 3.19. The van der Waals surface area contributed by atoms with Crippen LogP contribution in [-0.4, -0.2) is 14.1 Å². The fourth-order valence-electron chi connectivity index (χ4n) is 2.65. The van der Waals surface area contributed by atoms with E-state index in [1.807, 2.05) is 0 Å². The molecule has 0 heterocycles. The minimum Gasteiger partial charge on any atom is -0.377 e. The van der Waals surface area contributed by atoms with Gasteiger partial charge in [-0.2, -0.15) is 0 Å². The maximum Gasteiger partial charge on any atom is 0.0446 e. The summed E-state index contributed by atoms with van der Waals surface area (Å²) in [5.74, 6) is 0. The van der Waals surface area contributed by atoms with E-state index in [2.05, 4.69) is 86.6 Å². The predicted octanol–water partition coefficient (Wildman–Crippen LogP) is 4.88. The predicted molar refractivity (Wildman–Crippen MR) is 88.4 cm³/mol. The van der Waals surface area contributed by atoms with Gasteiger partial charge in [0.25, 0.3) is 0 Å². The van der Waals surface area contributed by atoms with Gasteiger partial charge in [-0.15, -0.1) is 0 Å². The summed E-state index contributed by atoms with van der Waals surface area (Å²) in [6, 6.07) is 21.8. The maximum atomic E-state index is 2.27. The highest BCUT2D eigenvalue weighted by Gasteiger charge is 2.07. The lowest BCUT2D eigenvalue weighted by Crippen LogP contribution is -2.09. The van der Waals surface area contributed by atoms with Crippen LogP contribution in [0.15, 0.2) is 60.7 Å². The van der Waals surface area contributed by atoms with E-state index in [0.717, 1.165) is 0 Å². The number of hydrogen-bond donors (Lipinski definition) is 0.